The van der Waals surface area contributed by atoms with Crippen molar-refractivity contribution in [1.29, 1.82) is 0 Å². The molecule has 14 heavy (non-hydrogen) atoms. The summed E-state index contributed by atoms with van der Waals surface area (Å²) < 4.78 is 13.3. The van der Waals surface area contributed by atoms with Crippen molar-refractivity contribution in [3.8, 4) is 0 Å². The van der Waals surface area contributed by atoms with Crippen molar-refractivity contribution in [2.75, 3.05) is 6.54 Å². The van der Waals surface area contributed by atoms with E-state index in [9.17, 15) is 9.18 Å². The molecule has 0 saturated carbocycles. The van der Waals surface area contributed by atoms with Gasteiger partial charge in [0.1, 0.15) is 5.82 Å². The van der Waals surface area contributed by atoms with Crippen LogP contribution in [0.25, 0.3) is 0 Å². The van der Waals surface area contributed by atoms with Gasteiger partial charge in [-0.2, -0.15) is 0 Å². The van der Waals surface area contributed by atoms with Gasteiger partial charge in [-0.15, -0.1) is 0 Å². The van der Waals surface area contributed by atoms with Crippen molar-refractivity contribution in [2.45, 2.75) is 20.3 Å². The monoisotopic (exact) mass is 195 g/mol. The molecule has 1 aromatic rings. The molecule has 1 aromatic carbocycles. The molecule has 0 aromatic heterocycles. The van der Waals surface area contributed by atoms with E-state index < -0.39 is 0 Å². The fourth-order valence-corrected chi connectivity index (χ4v) is 1.40. The lowest BCUT2D eigenvalue weighted by atomic mass is 10.00. The zero-order valence-corrected chi connectivity index (χ0v) is 8.43. The number of Topliss-reactive ketones (excluding diaryl/α,β-unsaturated/α-hetero) is 1. The highest BCUT2D eigenvalue weighted by Gasteiger charge is 2.10. The molecule has 0 radical (unpaired) electrons. The van der Waals surface area contributed by atoms with Crippen molar-refractivity contribution < 1.29 is 9.18 Å². The van der Waals surface area contributed by atoms with Gasteiger partial charge >= 0.3 is 0 Å². The summed E-state index contributed by atoms with van der Waals surface area (Å²) in [6.07, 6.45) is 0.580. The summed E-state index contributed by atoms with van der Waals surface area (Å²) in [4.78, 5) is 11.4. The minimum absolute atomic E-state index is 0.0321. The maximum absolute atomic E-state index is 13.3. The third kappa shape index (κ3) is 1.99. The number of aryl methyl sites for hydroxylation is 2. The van der Waals surface area contributed by atoms with E-state index in [1.807, 2.05) is 6.92 Å². The molecule has 0 spiro atoms. The maximum atomic E-state index is 13.3. The molecule has 0 heterocycles. The first-order valence-electron chi connectivity index (χ1n) is 4.62. The van der Waals surface area contributed by atoms with Crippen LogP contribution in [0, 0.1) is 12.7 Å². The number of carbonyl (C=O) groups is 1. The Balaban J connectivity index is 3.24. The number of halogens is 1. The quantitative estimate of drug-likeness (QED) is 0.748. The Morgan fingerprint density at radius 2 is 2.14 bits per heavy atom. The third-order valence-corrected chi connectivity index (χ3v) is 2.26. The van der Waals surface area contributed by atoms with Crippen molar-refractivity contribution in [3.63, 3.8) is 0 Å². The maximum Gasteiger partial charge on any atom is 0.176 e. The van der Waals surface area contributed by atoms with E-state index in [2.05, 4.69) is 0 Å². The van der Waals surface area contributed by atoms with Gasteiger partial charge in [0.15, 0.2) is 5.78 Å². The molecule has 0 aliphatic heterocycles. The van der Waals surface area contributed by atoms with E-state index in [4.69, 9.17) is 5.73 Å². The molecule has 2 N–H and O–H groups in total. The van der Waals surface area contributed by atoms with Gasteiger partial charge in [-0.3, -0.25) is 4.79 Å². The Labute approximate surface area is 82.9 Å². The van der Waals surface area contributed by atoms with Crippen LogP contribution in [-0.4, -0.2) is 12.3 Å². The van der Waals surface area contributed by atoms with Crippen molar-refractivity contribution >= 4 is 5.78 Å². The first kappa shape index (κ1) is 10.9. The van der Waals surface area contributed by atoms with Gasteiger partial charge in [-0.25, -0.2) is 4.39 Å². The predicted molar refractivity (Wildman–Crippen MR) is 53.9 cm³/mol. The summed E-state index contributed by atoms with van der Waals surface area (Å²) in [7, 11) is 0. The van der Waals surface area contributed by atoms with E-state index in [0.29, 0.717) is 23.1 Å². The van der Waals surface area contributed by atoms with Crippen LogP contribution in [0.4, 0.5) is 4.39 Å². The summed E-state index contributed by atoms with van der Waals surface area (Å²) in [6, 6.07) is 2.99. The topological polar surface area (TPSA) is 43.1 Å². The molecule has 0 saturated heterocycles. The second-order valence-corrected chi connectivity index (χ2v) is 3.24. The summed E-state index contributed by atoms with van der Waals surface area (Å²) >= 11 is 0. The van der Waals surface area contributed by atoms with Gasteiger partial charge in [0, 0.05) is 5.56 Å². The first-order chi connectivity index (χ1) is 6.60. The summed E-state index contributed by atoms with van der Waals surface area (Å²) in [6.45, 7) is 3.53. The van der Waals surface area contributed by atoms with E-state index >= 15 is 0 Å². The summed E-state index contributed by atoms with van der Waals surface area (Å²) in [5, 5.41) is 0. The number of benzene rings is 1. The highest BCUT2D eigenvalue weighted by atomic mass is 19.1. The molecule has 3 heteroatoms. The minimum atomic E-state index is -0.251. The van der Waals surface area contributed by atoms with Crippen LogP contribution in [0.15, 0.2) is 12.1 Å². The van der Waals surface area contributed by atoms with Gasteiger partial charge in [-0.1, -0.05) is 6.92 Å². The van der Waals surface area contributed by atoms with Crippen LogP contribution in [0.3, 0.4) is 0 Å². The molecule has 0 aliphatic rings. The average Bonchev–Trinajstić information content (AvgIpc) is 2.17. The van der Waals surface area contributed by atoms with Gasteiger partial charge in [0.25, 0.3) is 0 Å². The number of hydrogen-bond donors (Lipinski definition) is 1. The average molecular weight is 195 g/mol. The van der Waals surface area contributed by atoms with E-state index in [1.165, 1.54) is 6.07 Å². The van der Waals surface area contributed by atoms with Crippen LogP contribution in [0.2, 0.25) is 0 Å². The molecule has 0 amide bonds. The first-order valence-corrected chi connectivity index (χ1v) is 4.62. The van der Waals surface area contributed by atoms with E-state index in [1.54, 1.807) is 13.0 Å². The normalized spacial score (nSPS) is 10.3. The SMILES string of the molecule is CCc1cc(C(=O)CN)c(C)cc1F. The molecule has 1 rings (SSSR count). The number of rotatable bonds is 3. The number of ketones is 1. The zero-order chi connectivity index (χ0) is 10.7. The smallest absolute Gasteiger partial charge is 0.176 e. The number of nitrogens with two attached hydrogens (primary N) is 1. The Bertz CT molecular complexity index is 361. The highest BCUT2D eigenvalue weighted by molar-refractivity contribution is 5.98. The highest BCUT2D eigenvalue weighted by Crippen LogP contribution is 2.16. The Morgan fingerprint density at radius 1 is 1.50 bits per heavy atom. The largest absolute Gasteiger partial charge is 0.324 e. The molecule has 76 valence electrons. The lowest BCUT2D eigenvalue weighted by Crippen LogP contribution is -2.15. The lowest BCUT2D eigenvalue weighted by Gasteiger charge is -2.07. The molecule has 0 aliphatic carbocycles. The second-order valence-electron chi connectivity index (χ2n) is 3.24. The summed E-state index contributed by atoms with van der Waals surface area (Å²) in [5.74, 6) is -0.393. The van der Waals surface area contributed by atoms with Crippen molar-refractivity contribution in [1.82, 2.24) is 0 Å². The number of hydrogen-bond acceptors (Lipinski definition) is 2. The molecule has 0 atom stereocenters. The zero-order valence-electron chi connectivity index (χ0n) is 8.43. The van der Waals surface area contributed by atoms with Gasteiger partial charge in [0.2, 0.25) is 0 Å². The molecule has 0 bridgehead atoms. The molecular formula is C11H14FNO. The van der Waals surface area contributed by atoms with Crippen LogP contribution in [-0.2, 0) is 6.42 Å². The standard InChI is InChI=1S/C11H14FNO/c1-3-8-5-9(11(14)6-13)7(2)4-10(8)12/h4-5H,3,6,13H2,1-2H3. The van der Waals surface area contributed by atoms with Crippen LogP contribution in [0.5, 0.6) is 0 Å². The number of carbonyl (C=O) groups excluding carboxylic acids is 1. The third-order valence-electron chi connectivity index (χ3n) is 2.26. The van der Waals surface area contributed by atoms with Gasteiger partial charge < -0.3 is 5.73 Å². The Hall–Kier alpha value is -1.22. The van der Waals surface area contributed by atoms with E-state index in [-0.39, 0.29) is 18.1 Å². The second kappa shape index (κ2) is 4.33. The van der Waals surface area contributed by atoms with Crippen LogP contribution >= 0.6 is 0 Å². The van der Waals surface area contributed by atoms with Crippen LogP contribution in [0.1, 0.15) is 28.4 Å². The van der Waals surface area contributed by atoms with Crippen LogP contribution < -0.4 is 5.73 Å². The summed E-state index contributed by atoms with van der Waals surface area (Å²) in [5.41, 5.74) is 7.00. The van der Waals surface area contributed by atoms with Gasteiger partial charge in [-0.05, 0) is 36.6 Å². The van der Waals surface area contributed by atoms with Gasteiger partial charge in [0.05, 0.1) is 6.54 Å². The molecule has 0 unspecified atom stereocenters. The fraction of sp³-hybridized carbons (Fsp3) is 0.364. The molecule has 0 fully saturated rings. The Kier molecular flexibility index (Phi) is 3.36. The lowest BCUT2D eigenvalue weighted by molar-refractivity contribution is 0.100. The van der Waals surface area contributed by atoms with E-state index in [0.717, 1.165) is 0 Å². The fourth-order valence-electron chi connectivity index (χ4n) is 1.40. The van der Waals surface area contributed by atoms with Crippen molar-refractivity contribution in [3.05, 3.63) is 34.6 Å². The molecular weight excluding hydrogens is 181 g/mol. The molecule has 2 nitrogen and oxygen atoms in total. The predicted octanol–water partition coefficient (Wildman–Crippen LogP) is 1.84. The minimum Gasteiger partial charge on any atom is -0.324 e. The Morgan fingerprint density at radius 3 is 2.64 bits per heavy atom. The van der Waals surface area contributed by atoms with Crippen molar-refractivity contribution in [2.24, 2.45) is 5.73 Å².